The molecule has 0 spiro atoms. The molecule has 0 saturated carbocycles. The lowest BCUT2D eigenvalue weighted by atomic mass is 9.99. The lowest BCUT2D eigenvalue weighted by Crippen LogP contribution is -2.59. The first-order valence-corrected chi connectivity index (χ1v) is 23.2. The summed E-state index contributed by atoms with van der Waals surface area (Å²) in [5.41, 5.74) is 0. The van der Waals surface area contributed by atoms with Crippen molar-refractivity contribution in [2.45, 2.75) is 224 Å². The highest BCUT2D eigenvalue weighted by atomic mass is 16.7. The van der Waals surface area contributed by atoms with Crippen LogP contribution in [0.25, 0.3) is 0 Å². The summed E-state index contributed by atoms with van der Waals surface area (Å²) in [6.07, 6.45) is 38.4. The lowest BCUT2D eigenvalue weighted by molar-refractivity contribution is -0.305. The van der Waals surface area contributed by atoms with Crippen molar-refractivity contribution >= 4 is 11.9 Å². The molecule has 1 rings (SSSR count). The minimum Gasteiger partial charge on any atom is -0.462 e. The van der Waals surface area contributed by atoms with Crippen LogP contribution >= 0.6 is 0 Å². The number of aliphatic hydroxyl groups excluding tert-OH is 4. The van der Waals surface area contributed by atoms with Crippen LogP contribution in [0.1, 0.15) is 187 Å². The van der Waals surface area contributed by atoms with Crippen molar-refractivity contribution in [1.82, 2.24) is 0 Å². The smallest absolute Gasteiger partial charge is 0.306 e. The molecule has 0 aliphatic carbocycles. The van der Waals surface area contributed by atoms with E-state index in [9.17, 15) is 30.0 Å². The van der Waals surface area contributed by atoms with Gasteiger partial charge >= 0.3 is 11.9 Å². The molecular weight excluding hydrogens is 737 g/mol. The highest BCUT2D eigenvalue weighted by molar-refractivity contribution is 5.70. The Bertz CT molecular complexity index is 1090. The second kappa shape index (κ2) is 38.8. The Morgan fingerprint density at radius 3 is 1.53 bits per heavy atom. The van der Waals surface area contributed by atoms with Gasteiger partial charge in [0.25, 0.3) is 0 Å². The minimum absolute atomic E-state index is 0.218. The van der Waals surface area contributed by atoms with Gasteiger partial charge in [0.2, 0.25) is 0 Å². The molecule has 0 amide bonds. The van der Waals surface area contributed by atoms with E-state index >= 15 is 0 Å². The third kappa shape index (κ3) is 29.8. The molecule has 10 nitrogen and oxygen atoms in total. The number of carbonyl (C=O) groups excluding carboxylic acids is 2. The van der Waals surface area contributed by atoms with E-state index in [1.807, 2.05) is 0 Å². The van der Waals surface area contributed by atoms with Crippen molar-refractivity contribution in [3.05, 3.63) is 48.6 Å². The summed E-state index contributed by atoms with van der Waals surface area (Å²) in [6, 6.07) is 0. The number of rotatable bonds is 38. The Hall–Kier alpha value is -2.34. The van der Waals surface area contributed by atoms with Crippen LogP contribution in [0.4, 0.5) is 0 Å². The maximum absolute atomic E-state index is 12.8. The average molecular weight is 821 g/mol. The molecule has 6 unspecified atom stereocenters. The maximum Gasteiger partial charge on any atom is 0.306 e. The Morgan fingerprint density at radius 2 is 1.02 bits per heavy atom. The van der Waals surface area contributed by atoms with Crippen LogP contribution in [0.2, 0.25) is 0 Å². The zero-order valence-corrected chi connectivity index (χ0v) is 36.5. The van der Waals surface area contributed by atoms with Crippen molar-refractivity contribution < 1.29 is 49.0 Å². The molecule has 0 aromatic heterocycles. The molecule has 1 heterocycles. The van der Waals surface area contributed by atoms with Crippen LogP contribution in [-0.4, -0.2) is 89.0 Å². The molecule has 0 aromatic carbocycles. The Kier molecular flexibility index (Phi) is 35.9. The molecule has 10 heteroatoms. The summed E-state index contributed by atoms with van der Waals surface area (Å²) in [6.45, 7) is 3.29. The van der Waals surface area contributed by atoms with Crippen molar-refractivity contribution in [3.63, 3.8) is 0 Å². The topological polar surface area (TPSA) is 152 Å². The SMILES string of the molecule is CC/C=C\C/C=C\C/C=C\C/C=C\CCCCCCCCCCCCC(=O)OC(COC(=O)CCCCCCCCCCCC)COC1OC(CO)C(O)C(O)C1O. The number of hydrogen-bond acceptors (Lipinski definition) is 10. The zero-order chi connectivity index (χ0) is 42.3. The van der Waals surface area contributed by atoms with Gasteiger partial charge in [0.05, 0.1) is 13.2 Å². The molecule has 0 aromatic rings. The summed E-state index contributed by atoms with van der Waals surface area (Å²) < 4.78 is 22.1. The molecule has 58 heavy (non-hydrogen) atoms. The summed E-state index contributed by atoms with van der Waals surface area (Å²) >= 11 is 0. The van der Waals surface area contributed by atoms with Crippen LogP contribution in [0.5, 0.6) is 0 Å². The predicted molar refractivity (Wildman–Crippen MR) is 233 cm³/mol. The number of ether oxygens (including phenoxy) is 4. The van der Waals surface area contributed by atoms with Crippen LogP contribution in [0, 0.1) is 0 Å². The zero-order valence-electron chi connectivity index (χ0n) is 36.5. The summed E-state index contributed by atoms with van der Waals surface area (Å²) in [5.74, 6) is -0.811. The third-order valence-corrected chi connectivity index (χ3v) is 10.5. The molecule has 6 atom stereocenters. The number of aliphatic hydroxyl groups is 4. The normalized spacial score (nSPS) is 20.6. The number of esters is 2. The van der Waals surface area contributed by atoms with E-state index in [0.717, 1.165) is 70.6 Å². The first-order valence-electron chi connectivity index (χ1n) is 23.2. The van der Waals surface area contributed by atoms with Gasteiger partial charge in [-0.3, -0.25) is 9.59 Å². The first-order chi connectivity index (χ1) is 28.3. The molecule has 1 saturated heterocycles. The molecule has 4 N–H and O–H groups in total. The fraction of sp³-hybridized carbons (Fsp3) is 0.792. The largest absolute Gasteiger partial charge is 0.462 e. The second-order valence-corrected chi connectivity index (χ2v) is 15.8. The van der Waals surface area contributed by atoms with E-state index in [4.69, 9.17) is 18.9 Å². The summed E-state index contributed by atoms with van der Waals surface area (Å²) in [5, 5.41) is 40.1. The van der Waals surface area contributed by atoms with Crippen LogP contribution in [-0.2, 0) is 28.5 Å². The fourth-order valence-electron chi connectivity index (χ4n) is 6.83. The molecule has 0 bridgehead atoms. The molecule has 0 radical (unpaired) electrons. The van der Waals surface area contributed by atoms with E-state index in [1.165, 1.54) is 83.5 Å². The number of unbranched alkanes of at least 4 members (excludes halogenated alkanes) is 19. The van der Waals surface area contributed by atoms with Gasteiger partial charge in [-0.2, -0.15) is 0 Å². The van der Waals surface area contributed by atoms with Gasteiger partial charge in [-0.15, -0.1) is 0 Å². The van der Waals surface area contributed by atoms with Gasteiger partial charge in [0, 0.05) is 12.8 Å². The Labute approximate surface area is 352 Å². The van der Waals surface area contributed by atoms with Crippen LogP contribution in [0.3, 0.4) is 0 Å². The number of allylic oxidation sites excluding steroid dienone is 8. The van der Waals surface area contributed by atoms with Crippen LogP contribution < -0.4 is 0 Å². The van der Waals surface area contributed by atoms with Crippen molar-refractivity contribution in [2.75, 3.05) is 19.8 Å². The molecular formula is C48H84O10. The fourth-order valence-corrected chi connectivity index (χ4v) is 6.83. The monoisotopic (exact) mass is 821 g/mol. The van der Waals surface area contributed by atoms with Crippen molar-refractivity contribution in [1.29, 1.82) is 0 Å². The number of carbonyl (C=O) groups is 2. The molecule has 336 valence electrons. The maximum atomic E-state index is 12.8. The highest BCUT2D eigenvalue weighted by Gasteiger charge is 2.44. The van der Waals surface area contributed by atoms with Gasteiger partial charge in [0.15, 0.2) is 12.4 Å². The average Bonchev–Trinajstić information content (AvgIpc) is 3.22. The predicted octanol–water partition coefficient (Wildman–Crippen LogP) is 10.1. The Morgan fingerprint density at radius 1 is 0.552 bits per heavy atom. The lowest BCUT2D eigenvalue weighted by Gasteiger charge is -2.39. The quantitative estimate of drug-likeness (QED) is 0.0269. The highest BCUT2D eigenvalue weighted by Crippen LogP contribution is 2.23. The Balaban J connectivity index is 2.26. The second-order valence-electron chi connectivity index (χ2n) is 15.8. The van der Waals surface area contributed by atoms with Gasteiger partial charge in [0.1, 0.15) is 31.0 Å². The molecule has 1 aliphatic heterocycles. The summed E-state index contributed by atoms with van der Waals surface area (Å²) in [7, 11) is 0. The standard InChI is InChI=1S/C48H84O10/c1-3-5-7-9-11-13-15-16-17-18-19-20-21-22-23-24-25-26-27-29-31-33-35-37-44(51)57-41(40-56-48-47(54)46(53)45(52)42(38-49)58-48)39-55-43(50)36-34-32-30-28-14-12-10-8-6-4-2/h5,7,11,13,16-17,19-20,41-42,45-49,52-54H,3-4,6,8-10,12,14-15,18,21-40H2,1-2H3/b7-5-,13-11-,17-16-,20-19-. The van der Waals surface area contributed by atoms with Gasteiger partial charge in [-0.05, 0) is 51.4 Å². The van der Waals surface area contributed by atoms with E-state index < -0.39 is 49.4 Å². The van der Waals surface area contributed by atoms with Gasteiger partial charge in [-0.25, -0.2) is 0 Å². The minimum atomic E-state index is -1.59. The van der Waals surface area contributed by atoms with E-state index in [2.05, 4.69) is 62.5 Å². The van der Waals surface area contributed by atoms with E-state index in [-0.39, 0.29) is 32.0 Å². The molecule has 1 fully saturated rings. The van der Waals surface area contributed by atoms with Gasteiger partial charge < -0.3 is 39.4 Å². The van der Waals surface area contributed by atoms with E-state index in [0.29, 0.717) is 6.42 Å². The van der Waals surface area contributed by atoms with Crippen molar-refractivity contribution in [3.8, 4) is 0 Å². The summed E-state index contributed by atoms with van der Waals surface area (Å²) in [4.78, 5) is 25.3. The molecule has 1 aliphatic rings. The van der Waals surface area contributed by atoms with Gasteiger partial charge in [-0.1, -0.05) is 172 Å². The first kappa shape index (κ1) is 53.7. The number of hydrogen-bond donors (Lipinski definition) is 4. The van der Waals surface area contributed by atoms with Crippen molar-refractivity contribution in [2.24, 2.45) is 0 Å². The van der Waals surface area contributed by atoms with E-state index in [1.54, 1.807) is 0 Å². The van der Waals surface area contributed by atoms with Crippen LogP contribution in [0.15, 0.2) is 48.6 Å². The third-order valence-electron chi connectivity index (χ3n) is 10.5.